The molecular weight excluding hydrogens is 454 g/mol. The van der Waals surface area contributed by atoms with Gasteiger partial charge in [0.25, 0.3) is 0 Å². The minimum Gasteiger partial charge on any atom is -0.504 e. The van der Waals surface area contributed by atoms with Gasteiger partial charge in [0.1, 0.15) is 22.9 Å². The normalized spacial score (nSPS) is 12.5. The van der Waals surface area contributed by atoms with E-state index in [2.05, 4.69) is 5.32 Å². The third kappa shape index (κ3) is 5.28. The number of carbonyl (C=O) groups excluding carboxylic acids is 2. The first-order valence-corrected chi connectivity index (χ1v) is 11.5. The number of anilines is 1. The molecule has 2 N–H and O–H groups in total. The summed E-state index contributed by atoms with van der Waals surface area (Å²) in [4.78, 5) is 26.7. The van der Waals surface area contributed by atoms with Crippen LogP contribution in [0.25, 0.3) is 0 Å². The van der Waals surface area contributed by atoms with Crippen LogP contribution in [0.1, 0.15) is 50.9 Å². The van der Waals surface area contributed by atoms with E-state index < -0.39 is 23.1 Å². The molecule has 0 atom stereocenters. The van der Waals surface area contributed by atoms with Crippen LogP contribution in [0.5, 0.6) is 5.75 Å². The largest absolute Gasteiger partial charge is 0.504 e. The highest BCUT2D eigenvalue weighted by atomic mass is 32.1. The van der Waals surface area contributed by atoms with Gasteiger partial charge in [0.15, 0.2) is 17.1 Å². The number of fused-ring (bicyclic) bond motifs is 1. The molecule has 1 heterocycles. The minimum absolute atomic E-state index is 0.164. The molecule has 0 aliphatic heterocycles. The van der Waals surface area contributed by atoms with Gasteiger partial charge in [-0.2, -0.15) is 10.5 Å². The van der Waals surface area contributed by atoms with Crippen molar-refractivity contribution < 1.29 is 24.2 Å². The summed E-state index contributed by atoms with van der Waals surface area (Å²) in [6.45, 7) is 1.91. The van der Waals surface area contributed by atoms with Crippen LogP contribution in [0, 0.1) is 22.7 Å². The third-order valence-electron chi connectivity index (χ3n) is 5.26. The number of carbonyl (C=O) groups is 2. The fourth-order valence-corrected chi connectivity index (χ4v) is 4.88. The van der Waals surface area contributed by atoms with E-state index in [1.165, 1.54) is 18.4 Å². The van der Waals surface area contributed by atoms with Crippen LogP contribution in [-0.2, 0) is 17.6 Å². The highest BCUT2D eigenvalue weighted by molar-refractivity contribution is 7.16. The van der Waals surface area contributed by atoms with E-state index in [0.29, 0.717) is 21.9 Å². The molecule has 0 fully saturated rings. The molecule has 0 bridgehead atoms. The average molecular weight is 478 g/mol. The highest BCUT2D eigenvalue weighted by Gasteiger charge is 2.27. The number of methoxy groups -OCH3 is 1. The quantitative estimate of drug-likeness (QED) is 0.138. The molecule has 3 rings (SSSR count). The molecule has 1 aliphatic rings. The number of esters is 1. The van der Waals surface area contributed by atoms with Gasteiger partial charge >= 0.3 is 5.97 Å². The second kappa shape index (κ2) is 11.2. The molecule has 0 unspecified atom stereocenters. The number of nitrogens with one attached hydrogen (secondary N) is 1. The second-order valence-corrected chi connectivity index (χ2v) is 8.46. The summed E-state index contributed by atoms with van der Waals surface area (Å²) < 4.78 is 10.3. The van der Waals surface area contributed by atoms with Gasteiger partial charge in [0.2, 0.25) is 0 Å². The molecule has 0 spiro atoms. The molecule has 34 heavy (non-hydrogen) atoms. The van der Waals surface area contributed by atoms with Crippen molar-refractivity contribution in [3.8, 4) is 17.9 Å². The van der Waals surface area contributed by atoms with E-state index >= 15 is 0 Å². The van der Waals surface area contributed by atoms with E-state index in [-0.39, 0.29) is 12.3 Å². The summed E-state index contributed by atoms with van der Waals surface area (Å²) in [7, 11) is 1.51. The number of nitrogens with zero attached hydrogens (tertiary/aromatic N) is 2. The molecule has 0 saturated carbocycles. The maximum atomic E-state index is 12.9. The number of ketones is 1. The molecule has 0 radical (unpaired) electrons. The van der Waals surface area contributed by atoms with Crippen molar-refractivity contribution in [2.75, 3.05) is 19.0 Å². The van der Waals surface area contributed by atoms with E-state index in [1.54, 1.807) is 43.3 Å². The summed E-state index contributed by atoms with van der Waals surface area (Å²) >= 11 is 1.34. The van der Waals surface area contributed by atoms with E-state index in [0.717, 1.165) is 42.2 Å². The first-order valence-electron chi connectivity index (χ1n) is 10.7. The second-order valence-electron chi connectivity index (χ2n) is 7.36. The maximum Gasteiger partial charge on any atom is 0.341 e. The zero-order valence-corrected chi connectivity index (χ0v) is 19.6. The van der Waals surface area contributed by atoms with Gasteiger partial charge in [-0.3, -0.25) is 4.79 Å². The van der Waals surface area contributed by atoms with Crippen LogP contribution in [0.15, 0.2) is 47.4 Å². The lowest BCUT2D eigenvalue weighted by atomic mass is 9.95. The van der Waals surface area contributed by atoms with Gasteiger partial charge in [-0.25, -0.2) is 4.79 Å². The minimum atomic E-state index is -0.687. The van der Waals surface area contributed by atoms with Crippen molar-refractivity contribution in [2.45, 2.75) is 32.6 Å². The monoisotopic (exact) mass is 477 g/mol. The van der Waals surface area contributed by atoms with E-state index in [4.69, 9.17) is 9.47 Å². The Bertz CT molecular complexity index is 1230. The van der Waals surface area contributed by atoms with Gasteiger partial charge in [-0.15, -0.1) is 11.3 Å². The number of aliphatic hydroxyl groups excluding tert-OH is 1. The van der Waals surface area contributed by atoms with Crippen LogP contribution >= 0.6 is 11.3 Å². The molecule has 1 aromatic heterocycles. The zero-order valence-electron chi connectivity index (χ0n) is 18.8. The Morgan fingerprint density at radius 1 is 1.18 bits per heavy atom. The molecule has 174 valence electrons. The lowest BCUT2D eigenvalue weighted by molar-refractivity contribution is 0.0526. The van der Waals surface area contributed by atoms with E-state index in [1.807, 2.05) is 0 Å². The molecular formula is C25H23N3O5S. The van der Waals surface area contributed by atoms with Crippen molar-refractivity contribution in [1.29, 1.82) is 10.5 Å². The zero-order chi connectivity index (χ0) is 24.7. The Balaban J connectivity index is 2.09. The molecule has 1 aromatic carbocycles. The van der Waals surface area contributed by atoms with Crippen LogP contribution in [-0.4, -0.2) is 30.6 Å². The fourth-order valence-electron chi connectivity index (χ4n) is 3.59. The molecule has 2 aromatic rings. The molecule has 0 amide bonds. The van der Waals surface area contributed by atoms with E-state index in [9.17, 15) is 25.2 Å². The summed E-state index contributed by atoms with van der Waals surface area (Å²) in [5.74, 6) is -1.10. The molecule has 0 saturated heterocycles. The number of aryl methyl sites for hydroxylation is 1. The summed E-state index contributed by atoms with van der Waals surface area (Å²) in [6, 6.07) is 9.59. The van der Waals surface area contributed by atoms with Crippen LogP contribution in [0.3, 0.4) is 0 Å². The SMILES string of the molecule is CCOC(=O)c1c(N/C(=C\C(=O)c2ccc(OC)cc2)C(O)=C(C#N)C#N)sc2c1CCCC2. The van der Waals surface area contributed by atoms with Gasteiger partial charge in [0, 0.05) is 16.5 Å². The standard InChI is InChI=1S/C25H23N3O5S/c1-3-33-25(31)22-18-6-4-5-7-21(18)34-24(22)28-19(23(30)16(13-26)14-27)12-20(29)15-8-10-17(32-2)11-9-15/h8-12,28,30H,3-7H2,1-2H3/b19-12-. The number of thiophene rings is 1. The number of hydrogen-bond donors (Lipinski definition) is 2. The third-order valence-corrected chi connectivity index (χ3v) is 6.47. The topological polar surface area (TPSA) is 132 Å². The smallest absolute Gasteiger partial charge is 0.341 e. The van der Waals surface area contributed by atoms with Gasteiger partial charge in [-0.1, -0.05) is 0 Å². The summed E-state index contributed by atoms with van der Waals surface area (Å²) in [5, 5.41) is 32.5. The maximum absolute atomic E-state index is 12.9. The number of rotatable bonds is 8. The van der Waals surface area contributed by atoms with Crippen molar-refractivity contribution >= 4 is 28.1 Å². The lowest BCUT2D eigenvalue weighted by Gasteiger charge is -2.13. The molecule has 1 aliphatic carbocycles. The Labute approximate surface area is 201 Å². The number of hydrogen-bond acceptors (Lipinski definition) is 9. The van der Waals surface area contributed by atoms with Crippen LogP contribution in [0.4, 0.5) is 5.00 Å². The van der Waals surface area contributed by atoms with Crippen molar-refractivity contribution in [2.24, 2.45) is 0 Å². The first kappa shape index (κ1) is 24.6. The summed E-state index contributed by atoms with van der Waals surface area (Å²) in [6.07, 6.45) is 4.55. The lowest BCUT2D eigenvalue weighted by Crippen LogP contribution is -2.13. The number of benzene rings is 1. The Kier molecular flexibility index (Phi) is 8.07. The Morgan fingerprint density at radius 2 is 1.85 bits per heavy atom. The average Bonchev–Trinajstić information content (AvgIpc) is 3.22. The Hall–Kier alpha value is -4.08. The van der Waals surface area contributed by atoms with Gasteiger partial charge in [-0.05, 0) is 62.4 Å². The number of allylic oxidation sites excluding steroid dienone is 2. The fraction of sp³-hybridized carbons (Fsp3) is 0.280. The first-order chi connectivity index (χ1) is 16.4. The van der Waals surface area contributed by atoms with Gasteiger partial charge < -0.3 is 19.9 Å². The van der Waals surface area contributed by atoms with Crippen LogP contribution < -0.4 is 10.1 Å². The van der Waals surface area contributed by atoms with Gasteiger partial charge in [0.05, 0.1) is 25.0 Å². The van der Waals surface area contributed by atoms with Crippen molar-refractivity contribution in [3.05, 3.63) is 68.9 Å². The predicted molar refractivity (Wildman–Crippen MR) is 127 cm³/mol. The summed E-state index contributed by atoms with van der Waals surface area (Å²) in [5.41, 5.74) is 0.817. The number of ether oxygens (including phenoxy) is 2. The number of aliphatic hydroxyl groups is 1. The van der Waals surface area contributed by atoms with Crippen molar-refractivity contribution in [3.63, 3.8) is 0 Å². The molecule has 9 heteroatoms. The molecule has 8 nitrogen and oxygen atoms in total. The van der Waals surface area contributed by atoms with Crippen molar-refractivity contribution in [1.82, 2.24) is 0 Å². The Morgan fingerprint density at radius 3 is 2.47 bits per heavy atom. The van der Waals surface area contributed by atoms with Crippen LogP contribution in [0.2, 0.25) is 0 Å². The number of nitriles is 2. The predicted octanol–water partition coefficient (Wildman–Crippen LogP) is 4.85. The highest BCUT2D eigenvalue weighted by Crippen LogP contribution is 2.39.